The molecule has 1 aromatic heterocycles. The molecule has 0 spiro atoms. The summed E-state index contributed by atoms with van der Waals surface area (Å²) >= 11 is 0. The predicted octanol–water partition coefficient (Wildman–Crippen LogP) is 1.87. The molecule has 19 heavy (non-hydrogen) atoms. The lowest BCUT2D eigenvalue weighted by molar-refractivity contribution is 0.0821. The normalized spacial score (nSPS) is 16.1. The fourth-order valence-corrected chi connectivity index (χ4v) is 2.30. The van der Waals surface area contributed by atoms with Crippen molar-refractivity contribution in [2.45, 2.75) is 32.6 Å². The van der Waals surface area contributed by atoms with Gasteiger partial charge in [-0.2, -0.15) is 0 Å². The average molecular weight is 262 g/mol. The van der Waals surface area contributed by atoms with Crippen molar-refractivity contribution in [3.05, 3.63) is 17.5 Å². The van der Waals surface area contributed by atoms with Gasteiger partial charge in [-0.05, 0) is 25.8 Å². The topological polar surface area (TPSA) is 49.3 Å². The zero-order valence-corrected chi connectivity index (χ0v) is 12.0. The van der Waals surface area contributed by atoms with E-state index >= 15 is 0 Å². The summed E-state index contributed by atoms with van der Waals surface area (Å²) in [5.41, 5.74) is 1.33. The first-order chi connectivity index (χ1) is 9.08. The molecule has 0 unspecified atom stereocenters. The summed E-state index contributed by atoms with van der Waals surface area (Å²) in [5, 5.41) is 0. The number of amides is 1. The molecule has 1 saturated heterocycles. The minimum atomic E-state index is -0.0680. The number of carbonyl (C=O) groups excluding carboxylic acids is 1. The molecule has 2 heterocycles. The Bertz CT molecular complexity index is 451. The molecule has 1 fully saturated rings. The molecule has 0 N–H and O–H groups in total. The van der Waals surface area contributed by atoms with Crippen LogP contribution >= 0.6 is 0 Å². The Hall–Kier alpha value is -1.65. The second-order valence-corrected chi connectivity index (χ2v) is 5.30. The Morgan fingerprint density at radius 2 is 1.79 bits per heavy atom. The highest BCUT2D eigenvalue weighted by Crippen LogP contribution is 2.17. The van der Waals surface area contributed by atoms with Crippen molar-refractivity contribution in [1.82, 2.24) is 14.9 Å². The van der Waals surface area contributed by atoms with Gasteiger partial charge >= 0.3 is 0 Å². The van der Waals surface area contributed by atoms with E-state index in [-0.39, 0.29) is 5.91 Å². The highest BCUT2D eigenvalue weighted by Gasteiger charge is 2.17. The largest absolute Gasteiger partial charge is 0.343 e. The number of nitrogens with zero attached hydrogens (tertiary/aromatic N) is 4. The number of anilines is 1. The van der Waals surface area contributed by atoms with Gasteiger partial charge in [0.15, 0.2) is 0 Å². The first-order valence-electron chi connectivity index (χ1n) is 6.90. The standard InChI is InChI=1S/C14H22N4O/c1-11-10-12(13(19)17(2)3)16-14(15-11)18-8-6-4-5-7-9-18/h10H,4-9H2,1-3H3. The summed E-state index contributed by atoms with van der Waals surface area (Å²) in [6, 6.07) is 1.75. The Balaban J connectivity index is 2.27. The molecule has 0 saturated carbocycles. The van der Waals surface area contributed by atoms with Gasteiger partial charge in [0, 0.05) is 32.9 Å². The average Bonchev–Trinajstić information content (AvgIpc) is 2.65. The molecule has 104 valence electrons. The van der Waals surface area contributed by atoms with Crippen LogP contribution in [-0.4, -0.2) is 48.0 Å². The highest BCUT2D eigenvalue weighted by atomic mass is 16.2. The zero-order valence-electron chi connectivity index (χ0n) is 12.0. The number of rotatable bonds is 2. The van der Waals surface area contributed by atoms with E-state index in [1.807, 2.05) is 6.92 Å². The number of aromatic nitrogens is 2. The van der Waals surface area contributed by atoms with Gasteiger partial charge < -0.3 is 9.80 Å². The SMILES string of the molecule is Cc1cc(C(=O)N(C)C)nc(N2CCCCCC2)n1. The van der Waals surface area contributed by atoms with Crippen LogP contribution < -0.4 is 4.90 Å². The zero-order chi connectivity index (χ0) is 13.8. The van der Waals surface area contributed by atoms with Gasteiger partial charge in [0.2, 0.25) is 5.95 Å². The van der Waals surface area contributed by atoms with Crippen LogP contribution in [0, 0.1) is 6.92 Å². The van der Waals surface area contributed by atoms with Crippen molar-refractivity contribution in [3.8, 4) is 0 Å². The maximum atomic E-state index is 12.0. The van der Waals surface area contributed by atoms with E-state index in [9.17, 15) is 4.79 Å². The third-order valence-electron chi connectivity index (χ3n) is 3.36. The second kappa shape index (κ2) is 5.99. The van der Waals surface area contributed by atoms with E-state index in [1.54, 1.807) is 25.1 Å². The summed E-state index contributed by atoms with van der Waals surface area (Å²) in [6.07, 6.45) is 4.89. The van der Waals surface area contributed by atoms with Crippen molar-refractivity contribution in [1.29, 1.82) is 0 Å². The van der Waals surface area contributed by atoms with Crippen molar-refractivity contribution in [2.24, 2.45) is 0 Å². The highest BCUT2D eigenvalue weighted by molar-refractivity contribution is 5.92. The van der Waals surface area contributed by atoms with Crippen molar-refractivity contribution < 1.29 is 4.79 Å². The minimum Gasteiger partial charge on any atom is -0.343 e. The molecule has 1 aliphatic heterocycles. The summed E-state index contributed by atoms with van der Waals surface area (Å²) < 4.78 is 0. The molecule has 0 bridgehead atoms. The first-order valence-corrected chi connectivity index (χ1v) is 6.90. The molecule has 5 nitrogen and oxygen atoms in total. The molecule has 5 heteroatoms. The van der Waals surface area contributed by atoms with Crippen LogP contribution in [0.4, 0.5) is 5.95 Å². The van der Waals surface area contributed by atoms with Gasteiger partial charge in [0.1, 0.15) is 5.69 Å². The van der Waals surface area contributed by atoms with Crippen molar-refractivity contribution in [2.75, 3.05) is 32.1 Å². The first kappa shape index (κ1) is 13.8. The molecule has 1 aliphatic rings. The van der Waals surface area contributed by atoms with Crippen LogP contribution in [0.1, 0.15) is 41.9 Å². The van der Waals surface area contributed by atoms with E-state index in [2.05, 4.69) is 14.9 Å². The van der Waals surface area contributed by atoms with Gasteiger partial charge in [-0.25, -0.2) is 9.97 Å². The van der Waals surface area contributed by atoms with Crippen LogP contribution in [0.15, 0.2) is 6.07 Å². The molecular formula is C14H22N4O. The van der Waals surface area contributed by atoms with E-state index in [1.165, 1.54) is 25.7 Å². The molecule has 0 aliphatic carbocycles. The van der Waals surface area contributed by atoms with Gasteiger partial charge in [-0.15, -0.1) is 0 Å². The van der Waals surface area contributed by atoms with Gasteiger partial charge in [0.05, 0.1) is 0 Å². The molecule has 1 amide bonds. The maximum absolute atomic E-state index is 12.0. The minimum absolute atomic E-state index is 0.0680. The third kappa shape index (κ3) is 3.43. The molecule has 0 atom stereocenters. The van der Waals surface area contributed by atoms with E-state index in [4.69, 9.17) is 0 Å². The smallest absolute Gasteiger partial charge is 0.272 e. The lowest BCUT2D eigenvalue weighted by Gasteiger charge is -2.21. The number of carbonyl (C=O) groups is 1. The molecule has 1 aromatic rings. The fourth-order valence-electron chi connectivity index (χ4n) is 2.30. The molecule has 0 aromatic carbocycles. The third-order valence-corrected chi connectivity index (χ3v) is 3.36. The van der Waals surface area contributed by atoms with Gasteiger partial charge in [-0.3, -0.25) is 4.79 Å². The number of aryl methyl sites for hydroxylation is 1. The Labute approximate surface area is 114 Å². The van der Waals surface area contributed by atoms with E-state index in [0.717, 1.165) is 18.8 Å². The van der Waals surface area contributed by atoms with Crippen LogP contribution in [0.3, 0.4) is 0 Å². The predicted molar refractivity (Wildman–Crippen MR) is 75.5 cm³/mol. The summed E-state index contributed by atoms with van der Waals surface area (Å²) in [5.74, 6) is 0.633. The Morgan fingerprint density at radius 3 is 2.37 bits per heavy atom. The van der Waals surface area contributed by atoms with Crippen LogP contribution in [0.25, 0.3) is 0 Å². The van der Waals surface area contributed by atoms with Crippen molar-refractivity contribution in [3.63, 3.8) is 0 Å². The summed E-state index contributed by atoms with van der Waals surface area (Å²) in [6.45, 7) is 3.88. The lowest BCUT2D eigenvalue weighted by atomic mass is 10.2. The maximum Gasteiger partial charge on any atom is 0.272 e. The fraction of sp³-hybridized carbons (Fsp3) is 0.643. The van der Waals surface area contributed by atoms with Gasteiger partial charge in [-0.1, -0.05) is 12.8 Å². The number of hydrogen-bond acceptors (Lipinski definition) is 4. The Morgan fingerprint density at radius 1 is 1.16 bits per heavy atom. The second-order valence-electron chi connectivity index (χ2n) is 5.30. The monoisotopic (exact) mass is 262 g/mol. The number of hydrogen-bond donors (Lipinski definition) is 0. The molecule has 2 rings (SSSR count). The molecular weight excluding hydrogens is 240 g/mol. The Kier molecular flexibility index (Phi) is 4.35. The van der Waals surface area contributed by atoms with Crippen LogP contribution in [0.2, 0.25) is 0 Å². The summed E-state index contributed by atoms with van der Waals surface area (Å²) in [7, 11) is 3.48. The summed E-state index contributed by atoms with van der Waals surface area (Å²) in [4.78, 5) is 24.7. The van der Waals surface area contributed by atoms with Crippen LogP contribution in [0.5, 0.6) is 0 Å². The lowest BCUT2D eigenvalue weighted by Crippen LogP contribution is -2.28. The van der Waals surface area contributed by atoms with Gasteiger partial charge in [0.25, 0.3) is 5.91 Å². The van der Waals surface area contributed by atoms with Crippen LogP contribution in [-0.2, 0) is 0 Å². The van der Waals surface area contributed by atoms with Crippen molar-refractivity contribution >= 4 is 11.9 Å². The van der Waals surface area contributed by atoms with E-state index in [0.29, 0.717) is 11.6 Å². The van der Waals surface area contributed by atoms with E-state index < -0.39 is 0 Å². The quantitative estimate of drug-likeness (QED) is 0.816. The molecule has 0 radical (unpaired) electrons.